The molecule has 4 heterocycles. The van der Waals surface area contributed by atoms with Crippen molar-refractivity contribution < 1.29 is 23.1 Å². The van der Waals surface area contributed by atoms with Crippen LogP contribution in [0.4, 0.5) is 5.69 Å². The molecular formula is C25H26N2O5S. The van der Waals surface area contributed by atoms with E-state index in [1.54, 1.807) is 28.6 Å². The van der Waals surface area contributed by atoms with Crippen LogP contribution in [0.15, 0.2) is 65.1 Å². The summed E-state index contributed by atoms with van der Waals surface area (Å²) in [5.74, 6) is -0.424. The quantitative estimate of drug-likeness (QED) is 0.688. The summed E-state index contributed by atoms with van der Waals surface area (Å²) in [4.78, 5) is 15.3. The number of sulfonamides is 1. The highest BCUT2D eigenvalue weighted by Gasteiger charge is 2.56. The minimum atomic E-state index is -3.86. The molecule has 0 saturated carbocycles. The average molecular weight is 467 g/mol. The molecule has 1 amide bonds. The molecule has 172 valence electrons. The summed E-state index contributed by atoms with van der Waals surface area (Å²) in [6.45, 7) is 2.66. The molecule has 8 heteroatoms. The van der Waals surface area contributed by atoms with Crippen LogP contribution in [0.3, 0.4) is 0 Å². The Morgan fingerprint density at radius 2 is 1.82 bits per heavy atom. The molecule has 2 aromatic rings. The van der Waals surface area contributed by atoms with Crippen LogP contribution < -0.4 is 4.31 Å². The minimum Gasteiger partial charge on any atom is -0.367 e. The number of nitrogens with zero attached hydrogens (tertiary/aromatic N) is 2. The first-order chi connectivity index (χ1) is 15.9. The van der Waals surface area contributed by atoms with E-state index >= 15 is 0 Å². The van der Waals surface area contributed by atoms with Crippen LogP contribution in [0.1, 0.15) is 29.9 Å². The van der Waals surface area contributed by atoms with Crippen molar-refractivity contribution >= 4 is 21.6 Å². The number of anilines is 1. The maximum Gasteiger partial charge on any atom is 0.264 e. The third-order valence-electron chi connectivity index (χ3n) is 7.63. The standard InChI is InChI=1S/C25H26N2O5S/c1-15-6-8-17(9-7-15)33(30,31)27-21-5-3-2-4-18(21)20-13-23(28)26-14-16-10-11-32-25(29)19(16)12-22(26)24(20)27/h2-10,19-20,22,24-25,29H,11-14H2,1H3/t19?,20-,22-,24+,25?/m1/s1. The van der Waals surface area contributed by atoms with Crippen molar-refractivity contribution in [2.45, 2.75) is 49.0 Å². The molecule has 0 aromatic heterocycles. The number of piperidine rings is 2. The predicted molar refractivity (Wildman–Crippen MR) is 122 cm³/mol. The van der Waals surface area contributed by atoms with Crippen molar-refractivity contribution in [2.75, 3.05) is 17.5 Å². The number of rotatable bonds is 2. The van der Waals surface area contributed by atoms with Crippen LogP contribution in [-0.2, 0) is 19.6 Å². The number of aliphatic hydroxyl groups excluding tert-OH is 1. The van der Waals surface area contributed by atoms with E-state index in [0.29, 0.717) is 25.3 Å². The highest BCUT2D eigenvalue weighted by atomic mass is 32.2. The molecule has 0 bridgehead atoms. The van der Waals surface area contributed by atoms with Gasteiger partial charge in [-0.3, -0.25) is 9.10 Å². The number of carbonyl (C=O) groups is 1. The first kappa shape index (κ1) is 20.9. The van der Waals surface area contributed by atoms with Gasteiger partial charge in [0.15, 0.2) is 6.29 Å². The fourth-order valence-electron chi connectivity index (χ4n) is 6.04. The van der Waals surface area contributed by atoms with E-state index in [1.165, 1.54) is 0 Å². The van der Waals surface area contributed by atoms with Crippen LogP contribution in [0.2, 0.25) is 0 Å². The summed E-state index contributed by atoms with van der Waals surface area (Å²) in [6, 6.07) is 13.6. The molecule has 7 nitrogen and oxygen atoms in total. The van der Waals surface area contributed by atoms with E-state index in [0.717, 1.165) is 16.7 Å². The number of hydrogen-bond donors (Lipinski definition) is 1. The van der Waals surface area contributed by atoms with Gasteiger partial charge in [0.05, 0.1) is 29.3 Å². The zero-order valence-corrected chi connectivity index (χ0v) is 19.1. The number of carbonyl (C=O) groups excluding carboxylic acids is 1. The van der Waals surface area contributed by atoms with Crippen molar-refractivity contribution in [1.29, 1.82) is 0 Å². The molecule has 5 atom stereocenters. The second kappa shape index (κ2) is 7.41. The van der Waals surface area contributed by atoms with Crippen molar-refractivity contribution in [3.8, 4) is 0 Å². The van der Waals surface area contributed by atoms with Gasteiger partial charge in [0, 0.05) is 24.8 Å². The number of amides is 1. The lowest BCUT2D eigenvalue weighted by atomic mass is 9.75. The molecule has 0 spiro atoms. The molecule has 2 saturated heterocycles. The number of hydrogen-bond acceptors (Lipinski definition) is 5. The van der Waals surface area contributed by atoms with E-state index < -0.39 is 22.4 Å². The maximum absolute atomic E-state index is 14.0. The summed E-state index contributed by atoms with van der Waals surface area (Å²) in [7, 11) is -3.86. The number of aliphatic hydroxyl groups is 1. The summed E-state index contributed by atoms with van der Waals surface area (Å²) in [5, 5.41) is 10.5. The summed E-state index contributed by atoms with van der Waals surface area (Å²) >= 11 is 0. The van der Waals surface area contributed by atoms with Crippen LogP contribution in [-0.4, -0.2) is 55.9 Å². The second-order valence-electron chi connectivity index (χ2n) is 9.41. The Bertz CT molecular complexity index is 1260. The normalized spacial score (nSPS) is 30.8. The Morgan fingerprint density at radius 1 is 1.06 bits per heavy atom. The maximum atomic E-state index is 14.0. The van der Waals surface area contributed by atoms with Gasteiger partial charge in [-0.2, -0.15) is 0 Å². The number of fused-ring (bicyclic) bond motifs is 6. The molecule has 4 aliphatic rings. The van der Waals surface area contributed by atoms with Crippen molar-refractivity contribution in [1.82, 2.24) is 4.90 Å². The fourth-order valence-corrected chi connectivity index (χ4v) is 7.78. The average Bonchev–Trinajstić information content (AvgIpc) is 3.14. The lowest BCUT2D eigenvalue weighted by molar-refractivity contribution is -0.152. The zero-order valence-electron chi connectivity index (χ0n) is 18.3. The molecule has 33 heavy (non-hydrogen) atoms. The smallest absolute Gasteiger partial charge is 0.264 e. The van der Waals surface area contributed by atoms with Gasteiger partial charge in [0.2, 0.25) is 5.91 Å². The second-order valence-corrected chi connectivity index (χ2v) is 11.2. The summed E-state index contributed by atoms with van der Waals surface area (Å²) in [5.41, 5.74) is 3.53. The largest absolute Gasteiger partial charge is 0.367 e. The number of aryl methyl sites for hydroxylation is 1. The first-order valence-electron chi connectivity index (χ1n) is 11.3. The van der Waals surface area contributed by atoms with Crippen molar-refractivity contribution in [3.63, 3.8) is 0 Å². The Morgan fingerprint density at radius 3 is 2.61 bits per heavy atom. The van der Waals surface area contributed by atoms with E-state index in [2.05, 4.69) is 0 Å². The van der Waals surface area contributed by atoms with Gasteiger partial charge in [0.1, 0.15) is 0 Å². The molecule has 2 fully saturated rings. The molecule has 6 rings (SSSR count). The van der Waals surface area contributed by atoms with Crippen molar-refractivity contribution in [3.05, 3.63) is 71.3 Å². The van der Waals surface area contributed by atoms with Crippen LogP contribution in [0.25, 0.3) is 0 Å². The number of ether oxygens (including phenoxy) is 1. The summed E-state index contributed by atoms with van der Waals surface area (Å²) < 4.78 is 35.0. The molecule has 2 aromatic carbocycles. The minimum absolute atomic E-state index is 0.0333. The monoisotopic (exact) mass is 466 g/mol. The Kier molecular flexibility index (Phi) is 4.69. The SMILES string of the molecule is Cc1ccc(S(=O)(=O)N2c3ccccc3[C@H]3CC(=O)N4CC5=CCOC(O)C5C[C@@H]4[C@H]32)cc1. The molecule has 0 radical (unpaired) electrons. The molecule has 4 aliphatic heterocycles. The third kappa shape index (κ3) is 3.08. The number of benzene rings is 2. The van der Waals surface area contributed by atoms with Gasteiger partial charge >= 0.3 is 0 Å². The van der Waals surface area contributed by atoms with E-state index in [9.17, 15) is 18.3 Å². The predicted octanol–water partition coefficient (Wildman–Crippen LogP) is 2.55. The lowest BCUT2D eigenvalue weighted by Gasteiger charge is -2.51. The van der Waals surface area contributed by atoms with Gasteiger partial charge in [-0.05, 0) is 42.7 Å². The third-order valence-corrected chi connectivity index (χ3v) is 9.45. The van der Waals surface area contributed by atoms with Crippen LogP contribution in [0, 0.1) is 12.8 Å². The van der Waals surface area contributed by atoms with Gasteiger partial charge in [-0.25, -0.2) is 8.42 Å². The fraction of sp³-hybridized carbons (Fsp3) is 0.400. The van der Waals surface area contributed by atoms with Gasteiger partial charge in [0.25, 0.3) is 10.0 Å². The van der Waals surface area contributed by atoms with Crippen molar-refractivity contribution in [2.24, 2.45) is 5.92 Å². The Balaban J connectivity index is 1.48. The van der Waals surface area contributed by atoms with E-state index in [4.69, 9.17) is 4.74 Å². The highest BCUT2D eigenvalue weighted by molar-refractivity contribution is 7.92. The highest BCUT2D eigenvalue weighted by Crippen LogP contribution is 2.52. The summed E-state index contributed by atoms with van der Waals surface area (Å²) in [6.07, 6.45) is 1.74. The Hall–Kier alpha value is -2.68. The van der Waals surface area contributed by atoms with Gasteiger partial charge in [-0.15, -0.1) is 0 Å². The van der Waals surface area contributed by atoms with E-state index in [-0.39, 0.29) is 35.1 Å². The molecule has 0 aliphatic carbocycles. The molecule has 2 unspecified atom stereocenters. The van der Waals surface area contributed by atoms with Crippen LogP contribution in [0.5, 0.6) is 0 Å². The number of para-hydroxylation sites is 1. The van der Waals surface area contributed by atoms with Gasteiger partial charge in [-0.1, -0.05) is 42.0 Å². The molecule has 1 N–H and O–H groups in total. The lowest BCUT2D eigenvalue weighted by Crippen LogP contribution is -2.63. The zero-order chi connectivity index (χ0) is 22.9. The van der Waals surface area contributed by atoms with Gasteiger partial charge < -0.3 is 14.7 Å². The first-order valence-corrected chi connectivity index (χ1v) is 12.8. The topological polar surface area (TPSA) is 87.2 Å². The Labute approximate surface area is 193 Å². The molecular weight excluding hydrogens is 440 g/mol. The van der Waals surface area contributed by atoms with E-state index in [1.807, 2.05) is 42.2 Å². The van der Waals surface area contributed by atoms with Crippen LogP contribution >= 0.6 is 0 Å².